The molecule has 0 radical (unpaired) electrons. The summed E-state index contributed by atoms with van der Waals surface area (Å²) >= 11 is 0. The number of aromatic nitrogens is 2. The number of nitrogens with zero attached hydrogens (tertiary/aromatic N) is 2. The molecule has 0 aromatic carbocycles. The first-order valence-corrected chi connectivity index (χ1v) is 5.91. The van der Waals surface area contributed by atoms with Gasteiger partial charge in [0.1, 0.15) is 12.1 Å². The van der Waals surface area contributed by atoms with E-state index in [1.54, 1.807) is 0 Å². The zero-order valence-corrected chi connectivity index (χ0v) is 9.99. The highest BCUT2D eigenvalue weighted by atomic mass is 16.5. The van der Waals surface area contributed by atoms with E-state index in [0.29, 0.717) is 17.9 Å². The molecule has 0 atom stereocenters. The predicted molar refractivity (Wildman–Crippen MR) is 63.6 cm³/mol. The van der Waals surface area contributed by atoms with E-state index >= 15 is 0 Å². The Kier molecular flexibility index (Phi) is 3.27. The Balaban J connectivity index is 1.90. The molecule has 16 heavy (non-hydrogen) atoms. The van der Waals surface area contributed by atoms with Gasteiger partial charge in [-0.1, -0.05) is 13.3 Å². The second-order valence-corrected chi connectivity index (χ2v) is 4.69. The van der Waals surface area contributed by atoms with Crippen LogP contribution in [-0.2, 0) is 0 Å². The molecule has 4 nitrogen and oxygen atoms in total. The molecule has 1 aliphatic rings. The summed E-state index contributed by atoms with van der Waals surface area (Å²) in [6.07, 6.45) is 5.51. The van der Waals surface area contributed by atoms with E-state index in [-0.39, 0.29) is 0 Å². The fourth-order valence-corrected chi connectivity index (χ4v) is 1.92. The molecule has 0 spiro atoms. The normalized spacial score (nSPS) is 17.6. The molecule has 1 saturated carbocycles. The number of nitrogens with one attached hydrogen (secondary N) is 1. The van der Waals surface area contributed by atoms with Crippen LogP contribution in [0.25, 0.3) is 0 Å². The van der Waals surface area contributed by atoms with Gasteiger partial charge in [0.25, 0.3) is 0 Å². The van der Waals surface area contributed by atoms with Gasteiger partial charge in [0.15, 0.2) is 0 Å². The number of hydrogen-bond acceptors (Lipinski definition) is 4. The molecule has 0 saturated heterocycles. The Morgan fingerprint density at radius 3 is 2.88 bits per heavy atom. The lowest BCUT2D eigenvalue weighted by Crippen LogP contribution is -2.33. The van der Waals surface area contributed by atoms with E-state index in [2.05, 4.69) is 22.2 Å². The topological polar surface area (TPSA) is 47.0 Å². The minimum Gasteiger partial charge on any atom is -0.478 e. The third-order valence-corrected chi connectivity index (χ3v) is 3.19. The van der Waals surface area contributed by atoms with E-state index < -0.39 is 0 Å². The molecule has 4 heteroatoms. The van der Waals surface area contributed by atoms with Crippen LogP contribution >= 0.6 is 0 Å². The lowest BCUT2D eigenvalue weighted by Gasteiger charge is -2.38. The van der Waals surface area contributed by atoms with Crippen LogP contribution in [0.1, 0.15) is 33.1 Å². The average molecular weight is 221 g/mol. The Bertz CT molecular complexity index is 350. The zero-order valence-electron chi connectivity index (χ0n) is 9.99. The summed E-state index contributed by atoms with van der Waals surface area (Å²) in [7, 11) is 0. The van der Waals surface area contributed by atoms with E-state index in [0.717, 1.165) is 12.4 Å². The average Bonchev–Trinajstić information content (AvgIpc) is 2.25. The molecule has 1 heterocycles. The quantitative estimate of drug-likeness (QED) is 0.829. The lowest BCUT2D eigenvalue weighted by atomic mass is 9.70. The van der Waals surface area contributed by atoms with Crippen molar-refractivity contribution in [3.05, 3.63) is 12.4 Å². The van der Waals surface area contributed by atoms with Crippen molar-refractivity contribution >= 4 is 5.82 Å². The summed E-state index contributed by atoms with van der Waals surface area (Å²) in [4.78, 5) is 8.22. The SMILES string of the molecule is CCOc1cc(NCC2(C)CCC2)ncn1. The van der Waals surface area contributed by atoms with E-state index in [1.165, 1.54) is 25.6 Å². The maximum absolute atomic E-state index is 5.33. The van der Waals surface area contributed by atoms with Crippen molar-refractivity contribution in [1.82, 2.24) is 9.97 Å². The summed E-state index contributed by atoms with van der Waals surface area (Å²) in [5, 5.41) is 3.35. The lowest BCUT2D eigenvalue weighted by molar-refractivity contribution is 0.180. The molecule has 2 rings (SSSR count). The first kappa shape index (κ1) is 11.2. The Morgan fingerprint density at radius 1 is 1.44 bits per heavy atom. The third-order valence-electron chi connectivity index (χ3n) is 3.19. The molecule has 1 aliphatic carbocycles. The van der Waals surface area contributed by atoms with Gasteiger partial charge in [-0.25, -0.2) is 9.97 Å². The summed E-state index contributed by atoms with van der Waals surface area (Å²) in [5.41, 5.74) is 0.455. The molecular formula is C12H19N3O. The van der Waals surface area contributed by atoms with Crippen LogP contribution in [0.2, 0.25) is 0 Å². The first-order valence-electron chi connectivity index (χ1n) is 5.91. The molecule has 1 aromatic heterocycles. The zero-order chi connectivity index (χ0) is 11.4. The van der Waals surface area contributed by atoms with Crippen LogP contribution in [0.4, 0.5) is 5.82 Å². The van der Waals surface area contributed by atoms with Crippen LogP contribution in [0.3, 0.4) is 0 Å². The van der Waals surface area contributed by atoms with Crippen molar-refractivity contribution < 1.29 is 4.74 Å². The maximum atomic E-state index is 5.33. The molecule has 1 N–H and O–H groups in total. The monoisotopic (exact) mass is 221 g/mol. The standard InChI is InChI=1S/C12H19N3O/c1-3-16-11-7-10(14-9-15-11)13-8-12(2)5-4-6-12/h7,9H,3-6,8H2,1-2H3,(H,13,14,15). The van der Waals surface area contributed by atoms with Gasteiger partial charge in [-0.05, 0) is 25.2 Å². The van der Waals surface area contributed by atoms with Gasteiger partial charge in [0.05, 0.1) is 6.61 Å². The van der Waals surface area contributed by atoms with Gasteiger partial charge in [-0.3, -0.25) is 0 Å². The van der Waals surface area contributed by atoms with E-state index in [4.69, 9.17) is 4.74 Å². The first-order chi connectivity index (χ1) is 7.72. The fourth-order valence-electron chi connectivity index (χ4n) is 1.92. The molecular weight excluding hydrogens is 202 g/mol. The molecule has 0 amide bonds. The summed E-state index contributed by atoms with van der Waals surface area (Å²) in [6.45, 7) is 5.88. The van der Waals surface area contributed by atoms with Crippen LogP contribution in [-0.4, -0.2) is 23.1 Å². The minimum absolute atomic E-state index is 0.455. The summed E-state index contributed by atoms with van der Waals surface area (Å²) < 4.78 is 5.33. The van der Waals surface area contributed by atoms with Gasteiger partial charge in [-0.15, -0.1) is 0 Å². The largest absolute Gasteiger partial charge is 0.478 e. The third kappa shape index (κ3) is 2.62. The molecule has 0 unspecified atom stereocenters. The van der Waals surface area contributed by atoms with Crippen LogP contribution < -0.4 is 10.1 Å². The van der Waals surface area contributed by atoms with Crippen molar-refractivity contribution in [3.63, 3.8) is 0 Å². The van der Waals surface area contributed by atoms with Crippen molar-refractivity contribution in [2.24, 2.45) is 5.41 Å². The molecule has 1 fully saturated rings. The van der Waals surface area contributed by atoms with E-state index in [9.17, 15) is 0 Å². The number of anilines is 1. The predicted octanol–water partition coefficient (Wildman–Crippen LogP) is 2.48. The number of hydrogen-bond donors (Lipinski definition) is 1. The van der Waals surface area contributed by atoms with Gasteiger partial charge in [-0.2, -0.15) is 0 Å². The molecule has 1 aromatic rings. The Labute approximate surface area is 96.4 Å². The second-order valence-electron chi connectivity index (χ2n) is 4.69. The Hall–Kier alpha value is -1.32. The smallest absolute Gasteiger partial charge is 0.218 e. The van der Waals surface area contributed by atoms with Gasteiger partial charge >= 0.3 is 0 Å². The van der Waals surface area contributed by atoms with Crippen molar-refractivity contribution in [3.8, 4) is 5.88 Å². The van der Waals surface area contributed by atoms with Gasteiger partial charge < -0.3 is 10.1 Å². The number of rotatable bonds is 5. The van der Waals surface area contributed by atoms with E-state index in [1.807, 2.05) is 13.0 Å². The van der Waals surface area contributed by atoms with Crippen LogP contribution in [0.15, 0.2) is 12.4 Å². The van der Waals surface area contributed by atoms with Crippen molar-refractivity contribution in [1.29, 1.82) is 0 Å². The van der Waals surface area contributed by atoms with Crippen LogP contribution in [0, 0.1) is 5.41 Å². The molecule has 0 bridgehead atoms. The van der Waals surface area contributed by atoms with Crippen LogP contribution in [0.5, 0.6) is 5.88 Å². The minimum atomic E-state index is 0.455. The summed E-state index contributed by atoms with van der Waals surface area (Å²) in [5.74, 6) is 1.49. The highest BCUT2D eigenvalue weighted by molar-refractivity contribution is 5.37. The molecule has 88 valence electrons. The highest BCUT2D eigenvalue weighted by Crippen LogP contribution is 2.40. The molecule has 0 aliphatic heterocycles. The maximum Gasteiger partial charge on any atom is 0.218 e. The van der Waals surface area contributed by atoms with Gasteiger partial charge in [0, 0.05) is 12.6 Å². The number of ether oxygens (including phenoxy) is 1. The van der Waals surface area contributed by atoms with Crippen molar-refractivity contribution in [2.75, 3.05) is 18.5 Å². The fraction of sp³-hybridized carbons (Fsp3) is 0.667. The Morgan fingerprint density at radius 2 is 2.25 bits per heavy atom. The van der Waals surface area contributed by atoms with Gasteiger partial charge in [0.2, 0.25) is 5.88 Å². The summed E-state index contributed by atoms with van der Waals surface area (Å²) in [6, 6.07) is 1.85. The highest BCUT2D eigenvalue weighted by Gasteiger charge is 2.31. The van der Waals surface area contributed by atoms with Crippen molar-refractivity contribution in [2.45, 2.75) is 33.1 Å². The second kappa shape index (κ2) is 4.68.